The standard InChI is InChI=1S/C19H25N5O5/c1-5-20-18-21-16-15(17(26)23(3)19(27)22(16)2)24(18)10-12(25)11-29-14-8-6-13(28-4)7-9-14/h6-9,12,25H,5,10-11H2,1-4H3,(H,20,21). The molecule has 0 fully saturated rings. The van der Waals surface area contributed by atoms with Gasteiger partial charge in [0.2, 0.25) is 5.95 Å². The topological polar surface area (TPSA) is 113 Å². The largest absolute Gasteiger partial charge is 0.497 e. The molecule has 1 unspecified atom stereocenters. The highest BCUT2D eigenvalue weighted by atomic mass is 16.5. The summed E-state index contributed by atoms with van der Waals surface area (Å²) >= 11 is 0. The number of aliphatic hydroxyl groups is 1. The molecule has 2 aromatic heterocycles. The summed E-state index contributed by atoms with van der Waals surface area (Å²) in [6.45, 7) is 2.55. The third-order valence-corrected chi connectivity index (χ3v) is 4.58. The Kier molecular flexibility index (Phi) is 5.92. The van der Waals surface area contributed by atoms with Crippen molar-refractivity contribution in [1.82, 2.24) is 18.7 Å². The van der Waals surface area contributed by atoms with Crippen molar-refractivity contribution in [1.29, 1.82) is 0 Å². The summed E-state index contributed by atoms with van der Waals surface area (Å²) in [5.41, 5.74) is -0.423. The van der Waals surface area contributed by atoms with E-state index in [0.717, 1.165) is 4.57 Å². The van der Waals surface area contributed by atoms with E-state index in [1.807, 2.05) is 6.92 Å². The minimum atomic E-state index is -0.908. The lowest BCUT2D eigenvalue weighted by molar-refractivity contribution is 0.0938. The van der Waals surface area contributed by atoms with Crippen LogP contribution in [0, 0.1) is 0 Å². The number of hydrogen-bond acceptors (Lipinski definition) is 7. The minimum absolute atomic E-state index is 0.0175. The third-order valence-electron chi connectivity index (χ3n) is 4.58. The maximum atomic E-state index is 12.7. The molecule has 0 aliphatic rings. The van der Waals surface area contributed by atoms with Crippen LogP contribution in [0.5, 0.6) is 11.5 Å². The molecule has 3 aromatic rings. The van der Waals surface area contributed by atoms with Gasteiger partial charge in [-0.05, 0) is 31.2 Å². The molecule has 2 heterocycles. The van der Waals surface area contributed by atoms with E-state index in [-0.39, 0.29) is 24.3 Å². The number of aliphatic hydroxyl groups excluding tert-OH is 1. The highest BCUT2D eigenvalue weighted by molar-refractivity contribution is 5.74. The summed E-state index contributed by atoms with van der Waals surface area (Å²) in [4.78, 5) is 29.3. The summed E-state index contributed by atoms with van der Waals surface area (Å²) < 4.78 is 14.7. The van der Waals surface area contributed by atoms with Crippen molar-refractivity contribution in [3.05, 3.63) is 45.1 Å². The van der Waals surface area contributed by atoms with E-state index in [2.05, 4.69) is 10.3 Å². The lowest BCUT2D eigenvalue weighted by Crippen LogP contribution is -2.38. The summed E-state index contributed by atoms with van der Waals surface area (Å²) in [5.74, 6) is 1.70. The monoisotopic (exact) mass is 403 g/mol. The first-order valence-corrected chi connectivity index (χ1v) is 9.22. The van der Waals surface area contributed by atoms with E-state index in [1.165, 1.54) is 11.6 Å². The Labute approximate surface area is 166 Å². The van der Waals surface area contributed by atoms with Gasteiger partial charge in [-0.1, -0.05) is 0 Å². The zero-order valence-corrected chi connectivity index (χ0v) is 16.9. The molecule has 29 heavy (non-hydrogen) atoms. The van der Waals surface area contributed by atoms with Crippen molar-refractivity contribution >= 4 is 17.1 Å². The molecule has 10 heteroatoms. The molecule has 156 valence electrons. The smallest absolute Gasteiger partial charge is 0.332 e. The lowest BCUT2D eigenvalue weighted by Gasteiger charge is -2.16. The van der Waals surface area contributed by atoms with Crippen molar-refractivity contribution in [3.63, 3.8) is 0 Å². The fraction of sp³-hybridized carbons (Fsp3) is 0.421. The Bertz CT molecular complexity index is 1110. The Morgan fingerprint density at radius 1 is 1.14 bits per heavy atom. The SMILES string of the molecule is CCNc1nc2c(c(=O)n(C)c(=O)n2C)n1CC(O)COc1ccc(OC)cc1. The summed E-state index contributed by atoms with van der Waals surface area (Å²) in [7, 11) is 4.55. The van der Waals surface area contributed by atoms with Crippen LogP contribution < -0.4 is 26.0 Å². The number of imidazole rings is 1. The van der Waals surface area contributed by atoms with Crippen molar-refractivity contribution in [3.8, 4) is 11.5 Å². The molecular weight excluding hydrogens is 378 g/mol. The second-order valence-corrected chi connectivity index (χ2v) is 6.59. The molecular formula is C19H25N5O5. The molecule has 0 saturated heterocycles. The van der Waals surface area contributed by atoms with Gasteiger partial charge < -0.3 is 24.5 Å². The highest BCUT2D eigenvalue weighted by Crippen LogP contribution is 2.19. The average molecular weight is 403 g/mol. The van der Waals surface area contributed by atoms with Crippen LogP contribution in [-0.4, -0.2) is 50.2 Å². The first kappa shape index (κ1) is 20.5. The Morgan fingerprint density at radius 3 is 2.41 bits per heavy atom. The first-order valence-electron chi connectivity index (χ1n) is 9.22. The molecule has 0 bridgehead atoms. The molecule has 10 nitrogen and oxygen atoms in total. The van der Waals surface area contributed by atoms with Gasteiger partial charge in [0, 0.05) is 20.6 Å². The number of benzene rings is 1. The van der Waals surface area contributed by atoms with Crippen LogP contribution in [0.4, 0.5) is 5.95 Å². The number of aromatic nitrogens is 4. The van der Waals surface area contributed by atoms with Crippen molar-refractivity contribution < 1.29 is 14.6 Å². The molecule has 0 amide bonds. The molecule has 1 aromatic carbocycles. The molecule has 0 radical (unpaired) electrons. The zero-order valence-electron chi connectivity index (χ0n) is 16.9. The second-order valence-electron chi connectivity index (χ2n) is 6.59. The fourth-order valence-electron chi connectivity index (χ4n) is 3.05. The summed E-state index contributed by atoms with van der Waals surface area (Å²) in [5, 5.41) is 13.6. The molecule has 3 rings (SSSR count). The zero-order chi connectivity index (χ0) is 21.1. The molecule has 0 aliphatic heterocycles. The summed E-state index contributed by atoms with van der Waals surface area (Å²) in [6.07, 6.45) is -0.908. The lowest BCUT2D eigenvalue weighted by atomic mass is 10.3. The number of hydrogen-bond donors (Lipinski definition) is 2. The van der Waals surface area contributed by atoms with Gasteiger partial charge in [-0.15, -0.1) is 0 Å². The minimum Gasteiger partial charge on any atom is -0.497 e. The average Bonchev–Trinajstić information content (AvgIpc) is 3.08. The number of rotatable bonds is 8. The Balaban J connectivity index is 1.88. The van der Waals surface area contributed by atoms with Crippen molar-refractivity contribution in [2.24, 2.45) is 14.1 Å². The van der Waals surface area contributed by atoms with Gasteiger partial charge in [0.15, 0.2) is 11.2 Å². The predicted molar refractivity (Wildman–Crippen MR) is 109 cm³/mol. The van der Waals surface area contributed by atoms with E-state index >= 15 is 0 Å². The van der Waals surface area contributed by atoms with E-state index in [0.29, 0.717) is 24.0 Å². The van der Waals surface area contributed by atoms with Crippen LogP contribution in [0.2, 0.25) is 0 Å². The van der Waals surface area contributed by atoms with Gasteiger partial charge in [-0.25, -0.2) is 4.79 Å². The van der Waals surface area contributed by atoms with Crippen LogP contribution in [0.25, 0.3) is 11.2 Å². The molecule has 0 spiro atoms. The number of nitrogens with zero attached hydrogens (tertiary/aromatic N) is 4. The predicted octanol–water partition coefficient (Wildman–Crippen LogP) is 0.314. The fourth-order valence-corrected chi connectivity index (χ4v) is 3.05. The highest BCUT2D eigenvalue weighted by Gasteiger charge is 2.21. The van der Waals surface area contributed by atoms with Gasteiger partial charge in [-0.3, -0.25) is 13.9 Å². The quantitative estimate of drug-likeness (QED) is 0.557. The number of fused-ring (bicyclic) bond motifs is 1. The maximum absolute atomic E-state index is 12.7. The number of methoxy groups -OCH3 is 1. The van der Waals surface area contributed by atoms with Gasteiger partial charge >= 0.3 is 5.69 Å². The van der Waals surface area contributed by atoms with Crippen molar-refractivity contribution in [2.45, 2.75) is 19.6 Å². The molecule has 1 atom stereocenters. The van der Waals surface area contributed by atoms with Crippen LogP contribution in [0.1, 0.15) is 6.92 Å². The number of nitrogens with one attached hydrogen (secondary N) is 1. The Hall–Kier alpha value is -3.27. The van der Waals surface area contributed by atoms with E-state index < -0.39 is 17.4 Å². The van der Waals surface area contributed by atoms with Gasteiger partial charge in [0.1, 0.15) is 24.2 Å². The normalized spacial score (nSPS) is 12.2. The van der Waals surface area contributed by atoms with Crippen LogP contribution in [-0.2, 0) is 20.6 Å². The van der Waals surface area contributed by atoms with Crippen molar-refractivity contribution in [2.75, 3.05) is 25.6 Å². The second kappa shape index (κ2) is 8.39. The number of aryl methyl sites for hydroxylation is 1. The van der Waals surface area contributed by atoms with Gasteiger partial charge in [0.05, 0.1) is 13.7 Å². The number of ether oxygens (including phenoxy) is 2. The maximum Gasteiger partial charge on any atom is 0.332 e. The third kappa shape index (κ3) is 3.97. The number of anilines is 1. The van der Waals surface area contributed by atoms with Crippen LogP contribution in [0.3, 0.4) is 0 Å². The first-order chi connectivity index (χ1) is 13.9. The van der Waals surface area contributed by atoms with Crippen LogP contribution >= 0.6 is 0 Å². The Morgan fingerprint density at radius 2 is 1.79 bits per heavy atom. The van der Waals surface area contributed by atoms with E-state index in [9.17, 15) is 14.7 Å². The molecule has 0 saturated carbocycles. The van der Waals surface area contributed by atoms with Crippen LogP contribution in [0.15, 0.2) is 33.9 Å². The van der Waals surface area contributed by atoms with Gasteiger partial charge in [0.25, 0.3) is 5.56 Å². The molecule has 0 aliphatic carbocycles. The summed E-state index contributed by atoms with van der Waals surface area (Å²) in [6, 6.07) is 7.01. The van der Waals surface area contributed by atoms with E-state index in [1.54, 1.807) is 43.0 Å². The van der Waals surface area contributed by atoms with Gasteiger partial charge in [-0.2, -0.15) is 4.98 Å². The van der Waals surface area contributed by atoms with E-state index in [4.69, 9.17) is 9.47 Å². The molecule has 2 N–H and O–H groups in total.